The second-order valence-electron chi connectivity index (χ2n) is 4.50. The van der Waals surface area contributed by atoms with E-state index in [9.17, 15) is 8.78 Å². The molecule has 6 heteroatoms. The largest absolute Gasteiger partial charge is 0.494 e. The third-order valence-electron chi connectivity index (χ3n) is 3.29. The smallest absolute Gasteiger partial charge is 0.201 e. The minimum absolute atomic E-state index is 0.100. The first-order valence-electron chi connectivity index (χ1n) is 6.33. The van der Waals surface area contributed by atoms with Crippen molar-refractivity contribution in [3.8, 4) is 17.0 Å². The van der Waals surface area contributed by atoms with Crippen molar-refractivity contribution in [2.75, 3.05) is 19.5 Å². The van der Waals surface area contributed by atoms with E-state index in [0.29, 0.717) is 11.3 Å². The van der Waals surface area contributed by atoms with Gasteiger partial charge in [0.1, 0.15) is 5.65 Å². The molecule has 0 saturated carbocycles. The van der Waals surface area contributed by atoms with E-state index in [1.807, 2.05) is 12.1 Å². The molecule has 3 aromatic rings. The fourth-order valence-electron chi connectivity index (χ4n) is 2.15. The minimum atomic E-state index is -1.01. The van der Waals surface area contributed by atoms with Gasteiger partial charge in [-0.05, 0) is 18.2 Å². The van der Waals surface area contributed by atoms with Gasteiger partial charge in [0.2, 0.25) is 5.82 Å². The van der Waals surface area contributed by atoms with Gasteiger partial charge in [0.15, 0.2) is 11.6 Å². The van der Waals surface area contributed by atoms with Gasteiger partial charge in [-0.15, -0.1) is 0 Å². The number of anilines is 1. The highest BCUT2D eigenvalue weighted by Crippen LogP contribution is 2.29. The summed E-state index contributed by atoms with van der Waals surface area (Å²) >= 11 is 0. The molecule has 0 unspecified atom stereocenters. The Bertz CT molecular complexity index is 814. The lowest BCUT2D eigenvalue weighted by Gasteiger charge is -2.05. The van der Waals surface area contributed by atoms with Crippen molar-refractivity contribution in [3.05, 3.63) is 48.3 Å². The number of benzene rings is 1. The van der Waals surface area contributed by atoms with Crippen LogP contribution in [0.3, 0.4) is 0 Å². The Kier molecular flexibility index (Phi) is 3.21. The maximum absolute atomic E-state index is 14.1. The summed E-state index contributed by atoms with van der Waals surface area (Å²) in [6.07, 6.45) is 3.45. The molecule has 1 N–H and O–H groups in total. The SMILES string of the molecule is CNc1ccn2cc(-c3ccc(OC)c(F)c3F)nc2c1. The quantitative estimate of drug-likeness (QED) is 0.803. The summed E-state index contributed by atoms with van der Waals surface area (Å²) in [5, 5.41) is 3.00. The molecule has 2 heterocycles. The Morgan fingerprint density at radius 3 is 2.71 bits per heavy atom. The molecule has 1 aromatic carbocycles. The number of hydrogen-bond acceptors (Lipinski definition) is 3. The van der Waals surface area contributed by atoms with Crippen LogP contribution in [0.25, 0.3) is 16.9 Å². The van der Waals surface area contributed by atoms with Gasteiger partial charge in [-0.2, -0.15) is 4.39 Å². The number of halogens is 2. The Morgan fingerprint density at radius 2 is 2.00 bits per heavy atom. The Balaban J connectivity index is 2.14. The van der Waals surface area contributed by atoms with Crippen LogP contribution in [0.15, 0.2) is 36.7 Å². The number of ether oxygens (including phenoxy) is 1. The van der Waals surface area contributed by atoms with Gasteiger partial charge in [-0.3, -0.25) is 0 Å². The monoisotopic (exact) mass is 289 g/mol. The van der Waals surface area contributed by atoms with E-state index in [0.717, 1.165) is 5.69 Å². The van der Waals surface area contributed by atoms with Crippen molar-refractivity contribution in [1.82, 2.24) is 9.38 Å². The summed E-state index contributed by atoms with van der Waals surface area (Å²) in [4.78, 5) is 4.32. The zero-order valence-corrected chi connectivity index (χ0v) is 11.5. The molecule has 0 aliphatic carbocycles. The molecule has 108 valence electrons. The van der Waals surface area contributed by atoms with Crippen LogP contribution in [0.4, 0.5) is 14.5 Å². The number of hydrogen-bond donors (Lipinski definition) is 1. The molecule has 0 saturated heterocycles. The second-order valence-corrected chi connectivity index (χ2v) is 4.50. The number of imidazole rings is 1. The third kappa shape index (κ3) is 2.18. The van der Waals surface area contributed by atoms with Crippen LogP contribution in [-0.4, -0.2) is 23.5 Å². The lowest BCUT2D eigenvalue weighted by molar-refractivity contribution is 0.372. The Hall–Kier alpha value is -2.63. The van der Waals surface area contributed by atoms with E-state index >= 15 is 0 Å². The highest BCUT2D eigenvalue weighted by atomic mass is 19.2. The van der Waals surface area contributed by atoms with Gasteiger partial charge >= 0.3 is 0 Å². The van der Waals surface area contributed by atoms with Crippen molar-refractivity contribution >= 4 is 11.3 Å². The number of nitrogens with zero attached hydrogens (tertiary/aromatic N) is 2. The van der Waals surface area contributed by atoms with E-state index in [2.05, 4.69) is 10.3 Å². The summed E-state index contributed by atoms with van der Waals surface area (Å²) in [5.74, 6) is -2.10. The number of rotatable bonds is 3. The highest BCUT2D eigenvalue weighted by molar-refractivity contribution is 5.66. The first-order valence-corrected chi connectivity index (χ1v) is 6.33. The van der Waals surface area contributed by atoms with Gasteiger partial charge in [0, 0.05) is 36.8 Å². The van der Waals surface area contributed by atoms with Crippen molar-refractivity contribution in [2.45, 2.75) is 0 Å². The van der Waals surface area contributed by atoms with Crippen LogP contribution in [0.5, 0.6) is 5.75 Å². The molecule has 3 rings (SSSR count). The Labute approximate surface area is 120 Å². The van der Waals surface area contributed by atoms with E-state index in [4.69, 9.17) is 4.74 Å². The van der Waals surface area contributed by atoms with Crippen molar-refractivity contribution in [3.63, 3.8) is 0 Å². The van der Waals surface area contributed by atoms with Crippen molar-refractivity contribution in [2.24, 2.45) is 0 Å². The highest BCUT2D eigenvalue weighted by Gasteiger charge is 2.17. The van der Waals surface area contributed by atoms with Crippen molar-refractivity contribution < 1.29 is 13.5 Å². The number of methoxy groups -OCH3 is 1. The predicted octanol–water partition coefficient (Wildman–Crippen LogP) is 3.33. The van der Waals surface area contributed by atoms with Crippen LogP contribution < -0.4 is 10.1 Å². The van der Waals surface area contributed by atoms with E-state index < -0.39 is 11.6 Å². The second kappa shape index (κ2) is 5.05. The summed E-state index contributed by atoms with van der Waals surface area (Å²) in [7, 11) is 3.09. The molecule has 0 fully saturated rings. The summed E-state index contributed by atoms with van der Waals surface area (Å²) in [5.41, 5.74) is 2.00. The van der Waals surface area contributed by atoms with Gasteiger partial charge < -0.3 is 14.5 Å². The molecule has 0 amide bonds. The minimum Gasteiger partial charge on any atom is -0.494 e. The molecule has 0 aliphatic heterocycles. The molecule has 0 aliphatic rings. The standard InChI is InChI=1S/C15H13F2N3O/c1-18-9-5-6-20-8-11(19-13(20)7-9)10-3-4-12(21-2)15(17)14(10)16/h3-8,18H,1-2H3. The molecular formula is C15H13F2N3O. The fraction of sp³-hybridized carbons (Fsp3) is 0.133. The predicted molar refractivity (Wildman–Crippen MR) is 76.6 cm³/mol. The van der Waals surface area contributed by atoms with Gasteiger partial charge in [-0.25, -0.2) is 9.37 Å². The number of aromatic nitrogens is 2. The molecule has 0 bridgehead atoms. The third-order valence-corrected chi connectivity index (χ3v) is 3.29. The maximum atomic E-state index is 14.1. The lowest BCUT2D eigenvalue weighted by atomic mass is 10.1. The van der Waals surface area contributed by atoms with Gasteiger partial charge in [0.25, 0.3) is 0 Å². The first kappa shape index (κ1) is 13.4. The lowest BCUT2D eigenvalue weighted by Crippen LogP contribution is -1.94. The summed E-state index contributed by atoms with van der Waals surface area (Å²) < 4.78 is 34.4. The van der Waals surface area contributed by atoms with Crippen LogP contribution in [0.1, 0.15) is 0 Å². The van der Waals surface area contributed by atoms with Crippen LogP contribution in [-0.2, 0) is 0 Å². The maximum Gasteiger partial charge on any atom is 0.201 e. The topological polar surface area (TPSA) is 38.6 Å². The number of fused-ring (bicyclic) bond motifs is 1. The molecule has 4 nitrogen and oxygen atoms in total. The number of pyridine rings is 1. The van der Waals surface area contributed by atoms with Gasteiger partial charge in [0.05, 0.1) is 12.8 Å². The molecular weight excluding hydrogens is 276 g/mol. The first-order chi connectivity index (χ1) is 10.1. The Morgan fingerprint density at radius 1 is 1.19 bits per heavy atom. The normalized spacial score (nSPS) is 10.9. The fourth-order valence-corrected chi connectivity index (χ4v) is 2.15. The molecule has 2 aromatic heterocycles. The van der Waals surface area contributed by atoms with Crippen LogP contribution >= 0.6 is 0 Å². The molecule has 0 atom stereocenters. The summed E-state index contributed by atoms with van der Waals surface area (Å²) in [6, 6.07) is 6.53. The summed E-state index contributed by atoms with van der Waals surface area (Å²) in [6.45, 7) is 0. The van der Waals surface area contributed by atoms with E-state index in [-0.39, 0.29) is 11.3 Å². The zero-order chi connectivity index (χ0) is 15.0. The van der Waals surface area contributed by atoms with E-state index in [1.165, 1.54) is 19.2 Å². The van der Waals surface area contributed by atoms with Gasteiger partial charge in [-0.1, -0.05) is 0 Å². The van der Waals surface area contributed by atoms with Crippen LogP contribution in [0, 0.1) is 11.6 Å². The van der Waals surface area contributed by atoms with Crippen molar-refractivity contribution in [1.29, 1.82) is 0 Å². The molecule has 0 spiro atoms. The van der Waals surface area contributed by atoms with E-state index in [1.54, 1.807) is 23.8 Å². The molecule has 0 radical (unpaired) electrons. The number of nitrogens with one attached hydrogen (secondary N) is 1. The molecule has 21 heavy (non-hydrogen) atoms. The van der Waals surface area contributed by atoms with Crippen LogP contribution in [0.2, 0.25) is 0 Å². The zero-order valence-electron chi connectivity index (χ0n) is 11.5. The average Bonchev–Trinajstić information content (AvgIpc) is 2.92. The average molecular weight is 289 g/mol.